The number of aromatic nitrogens is 1. The SMILES string of the molecule is Cc1cc(=O)cc(C)n1CC(=O)NCCc1ccc(S(=O)(=O)N2CCOCC2)cc1. The van der Waals surface area contributed by atoms with Gasteiger partial charge in [-0.05, 0) is 38.0 Å². The van der Waals surface area contributed by atoms with E-state index in [1.165, 1.54) is 16.4 Å². The van der Waals surface area contributed by atoms with E-state index in [9.17, 15) is 18.0 Å². The monoisotopic (exact) mass is 433 g/mol. The van der Waals surface area contributed by atoms with Gasteiger partial charge in [0.05, 0.1) is 18.1 Å². The summed E-state index contributed by atoms with van der Waals surface area (Å²) in [5, 5.41) is 2.87. The summed E-state index contributed by atoms with van der Waals surface area (Å²) in [6.45, 7) is 5.74. The Morgan fingerprint density at radius 3 is 2.27 bits per heavy atom. The fraction of sp³-hybridized carbons (Fsp3) is 0.429. The Morgan fingerprint density at radius 1 is 1.07 bits per heavy atom. The van der Waals surface area contributed by atoms with Crippen molar-refractivity contribution in [1.29, 1.82) is 0 Å². The van der Waals surface area contributed by atoms with Crippen LogP contribution in [0.5, 0.6) is 0 Å². The van der Waals surface area contributed by atoms with E-state index in [1.54, 1.807) is 42.7 Å². The highest BCUT2D eigenvalue weighted by molar-refractivity contribution is 7.89. The molecule has 1 amide bonds. The van der Waals surface area contributed by atoms with Crippen molar-refractivity contribution in [3.05, 3.63) is 63.6 Å². The predicted molar refractivity (Wildman–Crippen MR) is 113 cm³/mol. The highest BCUT2D eigenvalue weighted by Crippen LogP contribution is 2.17. The summed E-state index contributed by atoms with van der Waals surface area (Å²) >= 11 is 0. The molecule has 0 spiro atoms. The molecular weight excluding hydrogens is 406 g/mol. The maximum atomic E-state index is 12.6. The van der Waals surface area contributed by atoms with Crippen LogP contribution < -0.4 is 10.7 Å². The summed E-state index contributed by atoms with van der Waals surface area (Å²) < 4.78 is 33.7. The van der Waals surface area contributed by atoms with Crippen molar-refractivity contribution in [3.8, 4) is 0 Å². The first-order valence-electron chi connectivity index (χ1n) is 9.89. The van der Waals surface area contributed by atoms with Gasteiger partial charge in [0, 0.05) is 43.2 Å². The van der Waals surface area contributed by atoms with Gasteiger partial charge in [0.1, 0.15) is 6.54 Å². The molecule has 0 radical (unpaired) electrons. The van der Waals surface area contributed by atoms with Crippen LogP contribution in [0.4, 0.5) is 0 Å². The normalized spacial score (nSPS) is 15.1. The van der Waals surface area contributed by atoms with E-state index in [-0.39, 0.29) is 22.8 Å². The Morgan fingerprint density at radius 2 is 1.67 bits per heavy atom. The molecule has 2 aromatic rings. The summed E-state index contributed by atoms with van der Waals surface area (Å²) in [5.74, 6) is -0.142. The van der Waals surface area contributed by atoms with Crippen molar-refractivity contribution in [1.82, 2.24) is 14.2 Å². The smallest absolute Gasteiger partial charge is 0.243 e. The van der Waals surface area contributed by atoms with Crippen LogP contribution in [0.15, 0.2) is 46.1 Å². The lowest BCUT2D eigenvalue weighted by Crippen LogP contribution is -2.40. The number of benzene rings is 1. The molecular formula is C21H27N3O5S. The minimum absolute atomic E-state index is 0.0688. The van der Waals surface area contributed by atoms with Crippen LogP contribution >= 0.6 is 0 Å². The first-order valence-corrected chi connectivity index (χ1v) is 11.3. The van der Waals surface area contributed by atoms with Gasteiger partial charge in [-0.3, -0.25) is 9.59 Å². The number of nitrogens with one attached hydrogen (secondary N) is 1. The van der Waals surface area contributed by atoms with Crippen LogP contribution in [-0.2, 0) is 32.5 Å². The lowest BCUT2D eigenvalue weighted by atomic mass is 10.1. The molecule has 9 heteroatoms. The minimum Gasteiger partial charge on any atom is -0.379 e. The van der Waals surface area contributed by atoms with E-state index in [0.717, 1.165) is 17.0 Å². The average Bonchev–Trinajstić information content (AvgIpc) is 2.72. The molecule has 1 aliphatic heterocycles. The third-order valence-corrected chi connectivity index (χ3v) is 7.04. The lowest BCUT2D eigenvalue weighted by Gasteiger charge is -2.26. The third kappa shape index (κ3) is 5.35. The number of hydrogen-bond donors (Lipinski definition) is 1. The molecule has 3 rings (SSSR count). The molecule has 1 aromatic heterocycles. The van der Waals surface area contributed by atoms with Gasteiger partial charge >= 0.3 is 0 Å². The zero-order valence-electron chi connectivity index (χ0n) is 17.3. The number of hydrogen-bond acceptors (Lipinski definition) is 5. The quantitative estimate of drug-likeness (QED) is 0.698. The highest BCUT2D eigenvalue weighted by atomic mass is 32.2. The van der Waals surface area contributed by atoms with E-state index in [4.69, 9.17) is 4.74 Å². The summed E-state index contributed by atoms with van der Waals surface area (Å²) in [7, 11) is -3.50. The maximum Gasteiger partial charge on any atom is 0.243 e. The lowest BCUT2D eigenvalue weighted by molar-refractivity contribution is -0.121. The zero-order chi connectivity index (χ0) is 21.7. The summed E-state index contributed by atoms with van der Waals surface area (Å²) in [4.78, 5) is 24.0. The van der Waals surface area contributed by atoms with Crippen LogP contribution in [0, 0.1) is 13.8 Å². The van der Waals surface area contributed by atoms with Crippen LogP contribution in [0.1, 0.15) is 17.0 Å². The van der Waals surface area contributed by atoms with Crippen molar-refractivity contribution in [3.63, 3.8) is 0 Å². The average molecular weight is 434 g/mol. The van der Waals surface area contributed by atoms with Crippen LogP contribution in [0.3, 0.4) is 0 Å². The Kier molecular flexibility index (Phi) is 7.06. The van der Waals surface area contributed by atoms with Crippen LogP contribution in [0.2, 0.25) is 0 Å². The van der Waals surface area contributed by atoms with E-state index < -0.39 is 10.0 Å². The predicted octanol–water partition coefficient (Wildman–Crippen LogP) is 0.845. The molecule has 1 aromatic carbocycles. The number of morpholine rings is 1. The molecule has 1 saturated heterocycles. The number of sulfonamides is 1. The zero-order valence-corrected chi connectivity index (χ0v) is 18.1. The molecule has 1 N–H and O–H groups in total. The number of rotatable bonds is 7. The molecule has 0 bridgehead atoms. The van der Waals surface area contributed by atoms with Gasteiger partial charge in [0.15, 0.2) is 5.43 Å². The number of pyridine rings is 1. The van der Waals surface area contributed by atoms with E-state index >= 15 is 0 Å². The van der Waals surface area contributed by atoms with Crippen molar-refractivity contribution < 1.29 is 17.9 Å². The topological polar surface area (TPSA) is 97.7 Å². The third-order valence-electron chi connectivity index (χ3n) is 5.12. The number of ether oxygens (including phenoxy) is 1. The fourth-order valence-corrected chi connectivity index (χ4v) is 4.85. The maximum absolute atomic E-state index is 12.6. The number of amides is 1. The number of nitrogens with zero attached hydrogens (tertiary/aromatic N) is 2. The molecule has 0 aliphatic carbocycles. The van der Waals surface area contributed by atoms with Crippen molar-refractivity contribution in [2.24, 2.45) is 0 Å². The Labute approximate surface area is 176 Å². The minimum atomic E-state index is -3.50. The first-order chi connectivity index (χ1) is 14.3. The van der Waals surface area contributed by atoms with Crippen LogP contribution in [0.25, 0.3) is 0 Å². The first kappa shape index (κ1) is 22.2. The molecule has 1 fully saturated rings. The second-order valence-corrected chi connectivity index (χ2v) is 9.26. The molecule has 0 atom stereocenters. The van der Waals surface area contributed by atoms with Gasteiger partial charge in [-0.15, -0.1) is 0 Å². The highest BCUT2D eigenvalue weighted by Gasteiger charge is 2.26. The second kappa shape index (κ2) is 9.55. The molecule has 2 heterocycles. The van der Waals surface area contributed by atoms with Gasteiger partial charge < -0.3 is 14.6 Å². The largest absolute Gasteiger partial charge is 0.379 e. The van der Waals surface area contributed by atoms with Crippen molar-refractivity contribution >= 4 is 15.9 Å². The van der Waals surface area contributed by atoms with Crippen LogP contribution in [-0.4, -0.2) is 56.0 Å². The summed E-state index contributed by atoms with van der Waals surface area (Å²) in [6, 6.07) is 9.77. The standard InChI is InChI=1S/C21H27N3O5S/c1-16-13-19(25)14-17(2)24(16)15-21(26)22-8-7-18-3-5-20(6-4-18)30(27,28)23-9-11-29-12-10-23/h3-6,13-14H,7-12,15H2,1-2H3,(H,22,26). The Hall–Kier alpha value is -2.49. The van der Waals surface area contributed by atoms with E-state index in [0.29, 0.717) is 39.3 Å². The summed E-state index contributed by atoms with van der Waals surface area (Å²) in [6.07, 6.45) is 0.589. The van der Waals surface area contributed by atoms with E-state index in [2.05, 4.69) is 5.32 Å². The molecule has 1 aliphatic rings. The molecule has 0 unspecified atom stereocenters. The van der Waals surface area contributed by atoms with Gasteiger partial charge in [0.2, 0.25) is 15.9 Å². The number of carbonyl (C=O) groups excluding carboxylic acids is 1. The number of aryl methyl sites for hydroxylation is 2. The Balaban J connectivity index is 1.53. The van der Waals surface area contributed by atoms with Gasteiger partial charge in [-0.1, -0.05) is 12.1 Å². The van der Waals surface area contributed by atoms with Gasteiger partial charge in [0.25, 0.3) is 0 Å². The second-order valence-electron chi connectivity index (χ2n) is 7.32. The number of carbonyl (C=O) groups is 1. The van der Waals surface area contributed by atoms with E-state index in [1.807, 2.05) is 0 Å². The van der Waals surface area contributed by atoms with Gasteiger partial charge in [-0.2, -0.15) is 4.31 Å². The van der Waals surface area contributed by atoms with Crippen molar-refractivity contribution in [2.75, 3.05) is 32.8 Å². The fourth-order valence-electron chi connectivity index (χ4n) is 3.45. The summed E-state index contributed by atoms with van der Waals surface area (Å²) in [5.41, 5.74) is 2.35. The Bertz CT molecular complexity index is 1030. The molecule has 30 heavy (non-hydrogen) atoms. The molecule has 8 nitrogen and oxygen atoms in total. The molecule has 0 saturated carbocycles. The molecule has 162 valence electrons. The van der Waals surface area contributed by atoms with Crippen molar-refractivity contribution in [2.45, 2.75) is 31.7 Å². The van der Waals surface area contributed by atoms with Gasteiger partial charge in [-0.25, -0.2) is 8.42 Å².